The number of hydrogen-bond donors (Lipinski definition) is 1. The second-order valence-corrected chi connectivity index (χ2v) is 5.29. The van der Waals surface area contributed by atoms with E-state index in [1.165, 1.54) is 10.8 Å². The van der Waals surface area contributed by atoms with Gasteiger partial charge in [-0.25, -0.2) is 0 Å². The van der Waals surface area contributed by atoms with Gasteiger partial charge in [-0.15, -0.1) is 0 Å². The minimum absolute atomic E-state index is 0.172. The summed E-state index contributed by atoms with van der Waals surface area (Å²) in [5.41, 5.74) is 2.07. The highest BCUT2D eigenvalue weighted by atomic mass is 35.5. The van der Waals surface area contributed by atoms with E-state index >= 15 is 0 Å². The van der Waals surface area contributed by atoms with Gasteiger partial charge in [0.25, 0.3) is 0 Å². The Labute approximate surface area is 121 Å². The second kappa shape index (κ2) is 4.43. The molecule has 3 heteroatoms. The number of anilines is 1. The first-order chi connectivity index (χ1) is 9.81. The van der Waals surface area contributed by atoms with Gasteiger partial charge in [-0.1, -0.05) is 54.1 Å². The van der Waals surface area contributed by atoms with Gasteiger partial charge in [-0.05, 0) is 29.0 Å². The molecule has 3 aromatic carbocycles. The van der Waals surface area contributed by atoms with Crippen molar-refractivity contribution in [1.29, 1.82) is 0 Å². The van der Waals surface area contributed by atoms with E-state index in [9.17, 15) is 0 Å². The Morgan fingerprint density at radius 2 is 1.80 bits per heavy atom. The molecule has 1 N–H and O–H groups in total. The summed E-state index contributed by atoms with van der Waals surface area (Å²) in [6.45, 7) is 0. The summed E-state index contributed by atoms with van der Waals surface area (Å²) in [6, 6.07) is 20.2. The van der Waals surface area contributed by atoms with Crippen LogP contribution in [0.5, 0.6) is 5.75 Å². The van der Waals surface area contributed by atoms with Crippen molar-refractivity contribution in [1.82, 2.24) is 0 Å². The number of ether oxygens (including phenoxy) is 1. The number of rotatable bonds is 1. The monoisotopic (exact) mass is 281 g/mol. The van der Waals surface area contributed by atoms with Gasteiger partial charge in [0.1, 0.15) is 5.75 Å². The lowest BCUT2D eigenvalue weighted by atomic mass is 10.0. The average Bonchev–Trinajstić information content (AvgIpc) is 2.89. The number of benzene rings is 3. The van der Waals surface area contributed by atoms with Crippen molar-refractivity contribution in [2.24, 2.45) is 0 Å². The summed E-state index contributed by atoms with van der Waals surface area (Å²) < 4.78 is 5.99. The van der Waals surface area contributed by atoms with E-state index in [4.69, 9.17) is 16.3 Å². The third kappa shape index (κ3) is 1.81. The highest BCUT2D eigenvalue weighted by molar-refractivity contribution is 6.31. The van der Waals surface area contributed by atoms with E-state index in [0.29, 0.717) is 5.02 Å². The highest BCUT2D eigenvalue weighted by Crippen LogP contribution is 2.40. The first-order valence-electron chi connectivity index (χ1n) is 6.52. The average molecular weight is 282 g/mol. The molecule has 0 fully saturated rings. The summed E-state index contributed by atoms with van der Waals surface area (Å²) in [5, 5.41) is 6.50. The second-order valence-electron chi connectivity index (χ2n) is 4.85. The molecule has 1 atom stereocenters. The fourth-order valence-electron chi connectivity index (χ4n) is 2.64. The van der Waals surface area contributed by atoms with Crippen molar-refractivity contribution in [2.45, 2.75) is 6.23 Å². The Balaban J connectivity index is 1.79. The van der Waals surface area contributed by atoms with Crippen LogP contribution in [0.25, 0.3) is 10.8 Å². The van der Waals surface area contributed by atoms with Crippen LogP contribution in [0.4, 0.5) is 5.69 Å². The van der Waals surface area contributed by atoms with Crippen LogP contribution < -0.4 is 10.1 Å². The van der Waals surface area contributed by atoms with Gasteiger partial charge in [0, 0.05) is 10.6 Å². The first kappa shape index (κ1) is 11.6. The Morgan fingerprint density at radius 1 is 0.950 bits per heavy atom. The highest BCUT2D eigenvalue weighted by Gasteiger charge is 2.24. The molecule has 0 saturated carbocycles. The summed E-state index contributed by atoms with van der Waals surface area (Å²) >= 11 is 6.02. The molecular weight excluding hydrogens is 270 g/mol. The molecule has 0 spiro atoms. The summed E-state index contributed by atoms with van der Waals surface area (Å²) in [7, 11) is 0. The Kier molecular flexibility index (Phi) is 2.57. The third-order valence-corrected chi connectivity index (χ3v) is 3.81. The first-order valence-corrected chi connectivity index (χ1v) is 6.89. The molecule has 0 amide bonds. The van der Waals surface area contributed by atoms with Gasteiger partial charge >= 0.3 is 0 Å². The van der Waals surface area contributed by atoms with E-state index < -0.39 is 0 Å². The van der Waals surface area contributed by atoms with Crippen LogP contribution in [0.15, 0.2) is 60.7 Å². The Morgan fingerprint density at radius 3 is 2.75 bits per heavy atom. The van der Waals surface area contributed by atoms with Gasteiger partial charge < -0.3 is 10.1 Å². The lowest BCUT2D eigenvalue weighted by molar-refractivity contribution is 0.261. The van der Waals surface area contributed by atoms with Gasteiger partial charge in [0.15, 0.2) is 6.23 Å². The van der Waals surface area contributed by atoms with Crippen LogP contribution >= 0.6 is 11.6 Å². The molecule has 0 radical (unpaired) electrons. The third-order valence-electron chi connectivity index (χ3n) is 3.58. The van der Waals surface area contributed by atoms with Crippen molar-refractivity contribution >= 4 is 28.1 Å². The van der Waals surface area contributed by atoms with E-state index in [2.05, 4.69) is 35.6 Å². The molecule has 0 aromatic heterocycles. The zero-order chi connectivity index (χ0) is 13.5. The van der Waals surface area contributed by atoms with Crippen molar-refractivity contribution in [3.8, 4) is 5.75 Å². The molecule has 0 saturated heterocycles. The molecule has 20 heavy (non-hydrogen) atoms. The van der Waals surface area contributed by atoms with Crippen LogP contribution in [-0.4, -0.2) is 0 Å². The zero-order valence-corrected chi connectivity index (χ0v) is 11.4. The van der Waals surface area contributed by atoms with Gasteiger partial charge in [-0.2, -0.15) is 0 Å². The van der Waals surface area contributed by atoms with E-state index in [1.54, 1.807) is 0 Å². The maximum Gasteiger partial charge on any atom is 0.197 e. The topological polar surface area (TPSA) is 21.3 Å². The van der Waals surface area contributed by atoms with Crippen LogP contribution in [0.1, 0.15) is 11.8 Å². The van der Waals surface area contributed by atoms with Crippen molar-refractivity contribution in [2.75, 3.05) is 5.32 Å². The lowest BCUT2D eigenvalue weighted by Crippen LogP contribution is -2.10. The molecule has 2 nitrogen and oxygen atoms in total. The number of nitrogens with one attached hydrogen (secondary N) is 1. The molecule has 4 rings (SSSR count). The standard InChI is InChI=1S/C17H12ClNO/c18-12-8-9-16-15(10-12)19-17(20-16)14-7-3-5-11-4-1-2-6-13(11)14/h1-10,17,19H/t17-/m1/s1. The van der Waals surface area contributed by atoms with Crippen LogP contribution in [0, 0.1) is 0 Å². The summed E-state index contributed by atoms with van der Waals surface area (Å²) in [4.78, 5) is 0. The fourth-order valence-corrected chi connectivity index (χ4v) is 2.81. The van der Waals surface area contributed by atoms with Crippen LogP contribution in [0.2, 0.25) is 5.02 Å². The molecule has 1 aliphatic heterocycles. The smallest absolute Gasteiger partial charge is 0.197 e. The molecule has 0 bridgehead atoms. The van der Waals surface area contributed by atoms with Crippen molar-refractivity contribution in [3.05, 3.63) is 71.2 Å². The molecule has 98 valence electrons. The summed E-state index contributed by atoms with van der Waals surface area (Å²) in [6.07, 6.45) is -0.172. The SMILES string of the molecule is Clc1ccc2c(c1)N[C@@H](c1cccc3ccccc13)O2. The molecule has 0 unspecified atom stereocenters. The maximum atomic E-state index is 6.02. The molecular formula is C17H12ClNO. The fraction of sp³-hybridized carbons (Fsp3) is 0.0588. The number of halogens is 1. The maximum absolute atomic E-state index is 6.02. The van der Waals surface area contributed by atoms with Gasteiger partial charge in [0.05, 0.1) is 5.69 Å². The molecule has 0 aliphatic carbocycles. The largest absolute Gasteiger partial charge is 0.464 e. The minimum Gasteiger partial charge on any atom is -0.464 e. The number of hydrogen-bond acceptors (Lipinski definition) is 2. The molecule has 3 aromatic rings. The van der Waals surface area contributed by atoms with Crippen LogP contribution in [-0.2, 0) is 0 Å². The zero-order valence-electron chi connectivity index (χ0n) is 10.6. The van der Waals surface area contributed by atoms with Gasteiger partial charge in [0.2, 0.25) is 0 Å². The van der Waals surface area contributed by atoms with Gasteiger partial charge in [-0.3, -0.25) is 0 Å². The normalized spacial score (nSPS) is 16.6. The Bertz CT molecular complexity index is 795. The van der Waals surface area contributed by atoms with Crippen molar-refractivity contribution in [3.63, 3.8) is 0 Å². The number of fused-ring (bicyclic) bond motifs is 2. The predicted molar refractivity (Wildman–Crippen MR) is 82.4 cm³/mol. The molecule has 1 heterocycles. The predicted octanol–water partition coefficient (Wildman–Crippen LogP) is 5.00. The van der Waals surface area contributed by atoms with E-state index in [-0.39, 0.29) is 6.23 Å². The quantitative estimate of drug-likeness (QED) is 0.678. The van der Waals surface area contributed by atoms with E-state index in [1.807, 2.05) is 30.3 Å². The summed E-state index contributed by atoms with van der Waals surface area (Å²) in [5.74, 6) is 0.840. The Hall–Kier alpha value is -2.19. The molecule has 1 aliphatic rings. The van der Waals surface area contributed by atoms with Crippen LogP contribution in [0.3, 0.4) is 0 Å². The minimum atomic E-state index is -0.172. The lowest BCUT2D eigenvalue weighted by Gasteiger charge is -2.14. The van der Waals surface area contributed by atoms with E-state index in [0.717, 1.165) is 17.0 Å². The van der Waals surface area contributed by atoms with Crippen molar-refractivity contribution < 1.29 is 4.74 Å².